The first-order valence-corrected chi connectivity index (χ1v) is 10.4. The van der Waals surface area contributed by atoms with E-state index in [2.05, 4.69) is 15.1 Å². The third-order valence-electron chi connectivity index (χ3n) is 5.55. The maximum Gasteiger partial charge on any atom is 0.293 e. The smallest absolute Gasteiger partial charge is 0.293 e. The second-order valence-electron chi connectivity index (χ2n) is 7.52. The Bertz CT molecular complexity index is 1290. The fourth-order valence-electron chi connectivity index (χ4n) is 3.91. The minimum atomic E-state index is -0.415. The Morgan fingerprint density at radius 2 is 1.67 bits per heavy atom. The third-order valence-corrected chi connectivity index (χ3v) is 5.55. The van der Waals surface area contributed by atoms with Crippen molar-refractivity contribution in [3.8, 4) is 23.0 Å². The van der Waals surface area contributed by atoms with Crippen LogP contribution in [0.2, 0.25) is 0 Å². The summed E-state index contributed by atoms with van der Waals surface area (Å²) >= 11 is 0. The standard InChI is InChI=1S/C23H19FN6O3/c24-17-5-1-2-7-19(17)28-11-13-29(14-12-28)20-9-8-16(15-21(20)30(31)32)22-26-23(33-27-22)18-6-3-4-10-25-18/h1-10,15H,11-14H2. The maximum absolute atomic E-state index is 14.1. The van der Waals surface area contributed by atoms with Gasteiger partial charge >= 0.3 is 0 Å². The van der Waals surface area contributed by atoms with Crippen LogP contribution in [0.5, 0.6) is 0 Å². The molecular formula is C23H19FN6O3. The van der Waals surface area contributed by atoms with E-state index < -0.39 is 4.92 Å². The van der Waals surface area contributed by atoms with Gasteiger partial charge in [0.05, 0.1) is 10.6 Å². The summed E-state index contributed by atoms with van der Waals surface area (Å²) in [4.78, 5) is 23.8. The van der Waals surface area contributed by atoms with Crippen LogP contribution >= 0.6 is 0 Å². The molecule has 3 heterocycles. The number of nitrogens with zero attached hydrogens (tertiary/aromatic N) is 6. The monoisotopic (exact) mass is 446 g/mol. The van der Waals surface area contributed by atoms with Gasteiger partial charge in [0.15, 0.2) is 0 Å². The van der Waals surface area contributed by atoms with Gasteiger partial charge in [-0.2, -0.15) is 4.98 Å². The fourth-order valence-corrected chi connectivity index (χ4v) is 3.91. The first-order chi connectivity index (χ1) is 16.1. The first-order valence-electron chi connectivity index (χ1n) is 10.4. The first kappa shape index (κ1) is 20.6. The highest BCUT2D eigenvalue weighted by molar-refractivity contribution is 5.72. The average molecular weight is 446 g/mol. The highest BCUT2D eigenvalue weighted by Crippen LogP contribution is 2.34. The molecule has 0 atom stereocenters. The zero-order valence-corrected chi connectivity index (χ0v) is 17.5. The zero-order valence-electron chi connectivity index (χ0n) is 17.5. The van der Waals surface area contributed by atoms with Crippen LogP contribution in [0.4, 0.5) is 21.5 Å². The molecule has 2 aromatic carbocycles. The molecule has 1 aliphatic heterocycles. The minimum Gasteiger partial charge on any atom is -0.366 e. The second-order valence-corrected chi connectivity index (χ2v) is 7.52. The number of aromatic nitrogens is 3. The Hall–Kier alpha value is -4.34. The molecule has 2 aromatic heterocycles. The van der Waals surface area contributed by atoms with Gasteiger partial charge < -0.3 is 14.3 Å². The van der Waals surface area contributed by atoms with Gasteiger partial charge in [-0.25, -0.2) is 4.39 Å². The average Bonchev–Trinajstić information content (AvgIpc) is 3.35. The van der Waals surface area contributed by atoms with Gasteiger partial charge in [-0.1, -0.05) is 23.4 Å². The fraction of sp³-hybridized carbons (Fsp3) is 0.174. The molecule has 0 radical (unpaired) electrons. The highest BCUT2D eigenvalue weighted by Gasteiger charge is 2.26. The number of nitro groups is 1. The molecular weight excluding hydrogens is 427 g/mol. The number of anilines is 2. The summed E-state index contributed by atoms with van der Waals surface area (Å²) in [7, 11) is 0. The molecule has 0 unspecified atom stereocenters. The SMILES string of the molecule is O=[N+]([O-])c1cc(-c2noc(-c3ccccn3)n2)ccc1N1CCN(c2ccccc2F)CC1. The molecule has 33 heavy (non-hydrogen) atoms. The summed E-state index contributed by atoms with van der Waals surface area (Å²) in [6, 6.07) is 16.8. The second kappa shape index (κ2) is 8.65. The van der Waals surface area contributed by atoms with Crippen molar-refractivity contribution in [1.29, 1.82) is 0 Å². The summed E-state index contributed by atoms with van der Waals surface area (Å²) in [5.41, 5.74) is 2.00. The highest BCUT2D eigenvalue weighted by atomic mass is 19.1. The van der Waals surface area contributed by atoms with Crippen molar-refractivity contribution >= 4 is 17.1 Å². The van der Waals surface area contributed by atoms with Crippen LogP contribution in [-0.2, 0) is 0 Å². The Kier molecular flexibility index (Phi) is 5.39. The molecule has 0 spiro atoms. The topological polar surface area (TPSA) is 101 Å². The summed E-state index contributed by atoms with van der Waals surface area (Å²) in [5, 5.41) is 15.8. The summed E-state index contributed by atoms with van der Waals surface area (Å²) < 4.78 is 19.4. The van der Waals surface area contributed by atoms with E-state index in [4.69, 9.17) is 4.52 Å². The number of rotatable bonds is 5. The summed E-state index contributed by atoms with van der Waals surface area (Å²) in [6.45, 7) is 2.16. The van der Waals surface area contributed by atoms with Crippen molar-refractivity contribution in [3.63, 3.8) is 0 Å². The molecule has 1 aliphatic rings. The molecule has 0 N–H and O–H groups in total. The lowest BCUT2D eigenvalue weighted by Gasteiger charge is -2.37. The summed E-state index contributed by atoms with van der Waals surface area (Å²) in [6.07, 6.45) is 1.62. The Morgan fingerprint density at radius 1 is 0.939 bits per heavy atom. The van der Waals surface area contributed by atoms with Gasteiger partial charge in [0.25, 0.3) is 11.6 Å². The van der Waals surface area contributed by atoms with E-state index in [1.807, 2.05) is 9.80 Å². The normalized spacial score (nSPS) is 13.8. The molecule has 166 valence electrons. The predicted octanol–water partition coefficient (Wildman–Crippen LogP) is 4.17. The Labute approximate surface area is 188 Å². The van der Waals surface area contributed by atoms with E-state index in [-0.39, 0.29) is 23.2 Å². The maximum atomic E-state index is 14.1. The van der Waals surface area contributed by atoms with Crippen molar-refractivity contribution in [2.75, 3.05) is 36.0 Å². The van der Waals surface area contributed by atoms with Crippen LogP contribution < -0.4 is 9.80 Å². The van der Waals surface area contributed by atoms with Crippen molar-refractivity contribution in [3.05, 3.63) is 82.8 Å². The minimum absolute atomic E-state index is 0.0453. The van der Waals surface area contributed by atoms with Gasteiger partial charge in [-0.05, 0) is 36.4 Å². The van der Waals surface area contributed by atoms with Crippen LogP contribution in [-0.4, -0.2) is 46.2 Å². The van der Waals surface area contributed by atoms with Crippen molar-refractivity contribution < 1.29 is 13.8 Å². The number of benzene rings is 2. The molecule has 0 aliphatic carbocycles. The van der Waals surface area contributed by atoms with Gasteiger partial charge in [-0.15, -0.1) is 0 Å². The van der Waals surface area contributed by atoms with Crippen LogP contribution in [0.3, 0.4) is 0 Å². The number of pyridine rings is 1. The lowest BCUT2D eigenvalue weighted by molar-refractivity contribution is -0.384. The van der Waals surface area contributed by atoms with E-state index in [0.29, 0.717) is 48.8 Å². The molecule has 1 saturated heterocycles. The quantitative estimate of drug-likeness (QED) is 0.333. The Balaban J connectivity index is 1.37. The molecule has 0 amide bonds. The number of nitro benzene ring substituents is 1. The zero-order chi connectivity index (χ0) is 22.8. The largest absolute Gasteiger partial charge is 0.366 e. The van der Waals surface area contributed by atoms with Gasteiger partial charge in [0, 0.05) is 44.0 Å². The summed E-state index contributed by atoms with van der Waals surface area (Å²) in [5.74, 6) is 0.211. The third kappa shape index (κ3) is 4.10. The number of halogens is 1. The van der Waals surface area contributed by atoms with Gasteiger partial charge in [0.1, 0.15) is 17.2 Å². The molecule has 1 fully saturated rings. The van der Waals surface area contributed by atoms with Crippen molar-refractivity contribution in [2.45, 2.75) is 0 Å². The molecule has 4 aromatic rings. The Morgan fingerprint density at radius 3 is 2.36 bits per heavy atom. The van der Waals surface area contributed by atoms with E-state index in [1.165, 1.54) is 12.1 Å². The van der Waals surface area contributed by atoms with E-state index in [1.54, 1.807) is 54.7 Å². The number of para-hydroxylation sites is 1. The molecule has 9 nitrogen and oxygen atoms in total. The van der Waals surface area contributed by atoms with Crippen LogP contribution in [0, 0.1) is 15.9 Å². The molecule has 0 bridgehead atoms. The van der Waals surface area contributed by atoms with Crippen molar-refractivity contribution in [2.24, 2.45) is 0 Å². The van der Waals surface area contributed by atoms with Crippen molar-refractivity contribution in [1.82, 2.24) is 15.1 Å². The van der Waals surface area contributed by atoms with E-state index in [9.17, 15) is 14.5 Å². The number of hydrogen-bond acceptors (Lipinski definition) is 8. The van der Waals surface area contributed by atoms with Crippen LogP contribution in [0.1, 0.15) is 0 Å². The predicted molar refractivity (Wildman–Crippen MR) is 120 cm³/mol. The molecule has 10 heteroatoms. The lowest BCUT2D eigenvalue weighted by Crippen LogP contribution is -2.47. The number of hydrogen-bond donors (Lipinski definition) is 0. The molecule has 0 saturated carbocycles. The van der Waals surface area contributed by atoms with Gasteiger partial charge in [-0.3, -0.25) is 15.1 Å². The van der Waals surface area contributed by atoms with Crippen LogP contribution in [0.25, 0.3) is 23.0 Å². The lowest BCUT2D eigenvalue weighted by atomic mass is 10.1. The van der Waals surface area contributed by atoms with E-state index >= 15 is 0 Å². The van der Waals surface area contributed by atoms with Gasteiger partial charge in [0.2, 0.25) is 5.82 Å². The van der Waals surface area contributed by atoms with Crippen LogP contribution in [0.15, 0.2) is 71.4 Å². The molecule has 5 rings (SSSR count). The number of piperazine rings is 1. The van der Waals surface area contributed by atoms with E-state index in [0.717, 1.165) is 0 Å².